The van der Waals surface area contributed by atoms with Gasteiger partial charge in [-0.25, -0.2) is 4.79 Å². The molecule has 0 aromatic carbocycles. The zero-order valence-corrected chi connectivity index (χ0v) is 9.94. The molecule has 0 spiro atoms. The molecule has 4 heteroatoms. The van der Waals surface area contributed by atoms with Gasteiger partial charge in [-0.15, -0.1) is 0 Å². The van der Waals surface area contributed by atoms with Crippen molar-refractivity contribution in [3.63, 3.8) is 0 Å². The van der Waals surface area contributed by atoms with Crippen LogP contribution < -0.4 is 5.63 Å². The lowest BCUT2D eigenvalue weighted by atomic mass is 9.87. The van der Waals surface area contributed by atoms with E-state index in [0.717, 1.165) is 5.56 Å². The molecule has 0 aliphatic rings. The smallest absolute Gasteiger partial charge is 0.339 e. The molecule has 0 saturated heterocycles. The van der Waals surface area contributed by atoms with Crippen LogP contribution in [0.3, 0.4) is 0 Å². The normalized spacial score (nSPS) is 12.6. The number of ether oxygens (including phenoxy) is 1. The SMILES string of the molecule is COC(=O)C(c1c(C)ccoc1=O)C(C)C. The molecule has 1 heterocycles. The van der Waals surface area contributed by atoms with E-state index in [4.69, 9.17) is 9.15 Å². The highest BCUT2D eigenvalue weighted by atomic mass is 16.5. The zero-order valence-electron chi connectivity index (χ0n) is 9.94. The molecule has 4 nitrogen and oxygen atoms in total. The summed E-state index contributed by atoms with van der Waals surface area (Å²) in [4.78, 5) is 23.3. The van der Waals surface area contributed by atoms with E-state index in [2.05, 4.69) is 0 Å². The number of aryl methyl sites for hydroxylation is 1. The summed E-state index contributed by atoms with van der Waals surface area (Å²) in [6.07, 6.45) is 1.33. The van der Waals surface area contributed by atoms with Gasteiger partial charge in [-0.3, -0.25) is 4.79 Å². The van der Waals surface area contributed by atoms with Crippen molar-refractivity contribution in [1.82, 2.24) is 0 Å². The predicted molar refractivity (Wildman–Crippen MR) is 59.3 cm³/mol. The molecule has 0 saturated carbocycles. The maximum Gasteiger partial charge on any atom is 0.339 e. The molecule has 1 unspecified atom stereocenters. The highest BCUT2D eigenvalue weighted by Gasteiger charge is 2.29. The third kappa shape index (κ3) is 2.32. The van der Waals surface area contributed by atoms with E-state index in [-0.39, 0.29) is 5.92 Å². The first-order valence-corrected chi connectivity index (χ1v) is 5.15. The maximum absolute atomic E-state index is 11.7. The van der Waals surface area contributed by atoms with Crippen LogP contribution in [0.25, 0.3) is 0 Å². The Labute approximate surface area is 94.2 Å². The summed E-state index contributed by atoms with van der Waals surface area (Å²) in [5, 5.41) is 0. The molecule has 1 rings (SSSR count). The molecule has 0 aliphatic carbocycles. The van der Waals surface area contributed by atoms with E-state index in [0.29, 0.717) is 5.56 Å². The Kier molecular flexibility index (Phi) is 3.88. The van der Waals surface area contributed by atoms with Crippen molar-refractivity contribution >= 4 is 5.97 Å². The average molecular weight is 224 g/mol. The number of hydrogen-bond donors (Lipinski definition) is 0. The molecule has 1 aromatic rings. The Balaban J connectivity index is 3.32. The third-order valence-electron chi connectivity index (χ3n) is 2.57. The van der Waals surface area contributed by atoms with Gasteiger partial charge >= 0.3 is 11.6 Å². The second kappa shape index (κ2) is 4.96. The van der Waals surface area contributed by atoms with Crippen molar-refractivity contribution in [1.29, 1.82) is 0 Å². The van der Waals surface area contributed by atoms with E-state index in [1.165, 1.54) is 13.4 Å². The predicted octanol–water partition coefficient (Wildman–Crippen LogP) is 1.86. The summed E-state index contributed by atoms with van der Waals surface area (Å²) in [6, 6.07) is 1.68. The van der Waals surface area contributed by atoms with Crippen LogP contribution in [0.4, 0.5) is 0 Å². The molecular formula is C12H16O4. The quantitative estimate of drug-likeness (QED) is 0.735. The minimum absolute atomic E-state index is 0.0172. The molecule has 1 aromatic heterocycles. The number of carbonyl (C=O) groups is 1. The molecular weight excluding hydrogens is 208 g/mol. The molecule has 0 amide bonds. The lowest BCUT2D eigenvalue weighted by molar-refractivity contribution is -0.143. The molecule has 0 fully saturated rings. The van der Waals surface area contributed by atoms with Gasteiger partial charge in [0.05, 0.1) is 24.9 Å². The van der Waals surface area contributed by atoms with E-state index in [1.807, 2.05) is 13.8 Å². The van der Waals surface area contributed by atoms with Crippen molar-refractivity contribution in [2.24, 2.45) is 5.92 Å². The van der Waals surface area contributed by atoms with Gasteiger partial charge in [-0.05, 0) is 24.5 Å². The van der Waals surface area contributed by atoms with Crippen molar-refractivity contribution in [3.05, 3.63) is 33.9 Å². The largest absolute Gasteiger partial charge is 0.469 e. The molecule has 0 aliphatic heterocycles. The molecule has 0 radical (unpaired) electrons. The van der Waals surface area contributed by atoms with Gasteiger partial charge in [0, 0.05) is 0 Å². The van der Waals surface area contributed by atoms with Gasteiger partial charge in [0.15, 0.2) is 0 Å². The second-order valence-corrected chi connectivity index (χ2v) is 4.05. The van der Waals surface area contributed by atoms with Gasteiger partial charge in [0.2, 0.25) is 0 Å². The second-order valence-electron chi connectivity index (χ2n) is 4.05. The standard InChI is InChI=1S/C12H16O4/c1-7(2)9(11(13)15-4)10-8(3)5-6-16-12(10)14/h5-7,9H,1-4H3. The van der Waals surface area contributed by atoms with E-state index in [9.17, 15) is 9.59 Å². The fourth-order valence-electron chi connectivity index (χ4n) is 1.73. The number of hydrogen-bond acceptors (Lipinski definition) is 4. The Bertz CT molecular complexity index is 431. The number of carbonyl (C=O) groups excluding carboxylic acids is 1. The summed E-state index contributed by atoms with van der Waals surface area (Å²) >= 11 is 0. The van der Waals surface area contributed by atoms with Gasteiger partial charge in [-0.2, -0.15) is 0 Å². The molecule has 1 atom stereocenters. The van der Waals surface area contributed by atoms with Crippen LogP contribution in [-0.4, -0.2) is 13.1 Å². The minimum atomic E-state index is -0.567. The minimum Gasteiger partial charge on any atom is -0.469 e. The molecule has 0 bridgehead atoms. The fourth-order valence-corrected chi connectivity index (χ4v) is 1.73. The van der Waals surface area contributed by atoms with Crippen LogP contribution in [0.1, 0.15) is 30.9 Å². The Morgan fingerprint density at radius 2 is 2.06 bits per heavy atom. The zero-order chi connectivity index (χ0) is 12.3. The summed E-state index contributed by atoms with van der Waals surface area (Å²) < 4.78 is 9.52. The van der Waals surface area contributed by atoms with Gasteiger partial charge in [-0.1, -0.05) is 13.8 Å². The van der Waals surface area contributed by atoms with Gasteiger partial charge < -0.3 is 9.15 Å². The van der Waals surface area contributed by atoms with Crippen molar-refractivity contribution in [2.45, 2.75) is 26.7 Å². The first-order valence-electron chi connectivity index (χ1n) is 5.15. The van der Waals surface area contributed by atoms with Crippen LogP contribution in [0, 0.1) is 12.8 Å². The summed E-state index contributed by atoms with van der Waals surface area (Å²) in [6.45, 7) is 5.52. The lowest BCUT2D eigenvalue weighted by Gasteiger charge is -2.18. The summed E-state index contributed by atoms with van der Waals surface area (Å²) in [5.41, 5.74) is 0.675. The maximum atomic E-state index is 11.7. The highest BCUT2D eigenvalue weighted by molar-refractivity contribution is 5.78. The fraction of sp³-hybridized carbons (Fsp3) is 0.500. The third-order valence-corrected chi connectivity index (χ3v) is 2.57. The number of rotatable bonds is 3. The van der Waals surface area contributed by atoms with Crippen LogP contribution in [-0.2, 0) is 9.53 Å². The van der Waals surface area contributed by atoms with Crippen molar-refractivity contribution in [3.8, 4) is 0 Å². The van der Waals surface area contributed by atoms with Crippen LogP contribution in [0.5, 0.6) is 0 Å². The van der Waals surface area contributed by atoms with Gasteiger partial charge in [0.1, 0.15) is 0 Å². The monoisotopic (exact) mass is 224 g/mol. The average Bonchev–Trinajstić information content (AvgIpc) is 2.22. The first-order chi connectivity index (χ1) is 7.49. The van der Waals surface area contributed by atoms with Crippen LogP contribution in [0.2, 0.25) is 0 Å². The molecule has 88 valence electrons. The van der Waals surface area contributed by atoms with E-state index in [1.54, 1.807) is 13.0 Å². The Morgan fingerprint density at radius 1 is 1.44 bits per heavy atom. The van der Waals surface area contributed by atoms with Crippen LogP contribution >= 0.6 is 0 Å². The van der Waals surface area contributed by atoms with E-state index < -0.39 is 17.5 Å². The molecule has 16 heavy (non-hydrogen) atoms. The summed E-state index contributed by atoms with van der Waals surface area (Å²) in [7, 11) is 1.32. The van der Waals surface area contributed by atoms with Gasteiger partial charge in [0.25, 0.3) is 0 Å². The van der Waals surface area contributed by atoms with Crippen LogP contribution in [0.15, 0.2) is 21.5 Å². The highest BCUT2D eigenvalue weighted by Crippen LogP contribution is 2.25. The van der Waals surface area contributed by atoms with Crippen molar-refractivity contribution in [2.75, 3.05) is 7.11 Å². The Hall–Kier alpha value is -1.58. The number of esters is 1. The summed E-state index contributed by atoms with van der Waals surface area (Å²) in [5.74, 6) is -0.990. The number of methoxy groups -OCH3 is 1. The van der Waals surface area contributed by atoms with Crippen molar-refractivity contribution < 1.29 is 13.9 Å². The lowest BCUT2D eigenvalue weighted by Crippen LogP contribution is -2.26. The molecule has 0 N–H and O–H groups in total. The Morgan fingerprint density at radius 3 is 2.50 bits per heavy atom. The topological polar surface area (TPSA) is 56.5 Å². The first kappa shape index (κ1) is 12.5. The van der Waals surface area contributed by atoms with E-state index >= 15 is 0 Å².